The van der Waals surface area contributed by atoms with Crippen LogP contribution in [0.5, 0.6) is 0 Å². The molecule has 17 rings (SSSR count). The lowest BCUT2D eigenvalue weighted by Crippen LogP contribution is -2.37. The molecule has 0 saturated carbocycles. The molecule has 2 aliphatic carbocycles. The van der Waals surface area contributed by atoms with E-state index in [2.05, 4.69) is 191 Å². The first-order valence-corrected chi connectivity index (χ1v) is 33.2. The molecule has 2 aliphatic rings. The summed E-state index contributed by atoms with van der Waals surface area (Å²) in [6, 6.07) is 90.5. The Morgan fingerprint density at radius 3 is 1.69 bits per heavy atom. The Morgan fingerprint density at radius 1 is 0.448 bits per heavy atom. The number of nitrogens with zero attached hydrogens (tertiary/aromatic N) is 3. The lowest BCUT2D eigenvalue weighted by atomic mass is 9.85. The third-order valence-electron chi connectivity index (χ3n) is 18.8. The van der Waals surface area contributed by atoms with Crippen LogP contribution in [0.15, 0.2) is 312 Å². The maximum atomic E-state index is 9.92. The largest absolute Gasteiger partial charge is 0.455 e. The third kappa shape index (κ3) is 9.96. The zero-order valence-electron chi connectivity index (χ0n) is 52.1. The van der Waals surface area contributed by atoms with Crippen LogP contribution in [0, 0.1) is 21.6 Å². The topological polar surface area (TPSA) is 135 Å². The van der Waals surface area contributed by atoms with Crippen LogP contribution in [0.4, 0.5) is 5.69 Å². The maximum absolute atomic E-state index is 9.92. The van der Waals surface area contributed by atoms with E-state index in [1.807, 2.05) is 121 Å². The van der Waals surface area contributed by atoms with Crippen LogP contribution >= 0.6 is 11.8 Å². The number of fused-ring (bicyclic) bond motifs is 10. The summed E-state index contributed by atoms with van der Waals surface area (Å²) in [4.78, 5) is 1.71. The van der Waals surface area contributed by atoms with Crippen molar-refractivity contribution >= 4 is 116 Å². The molecular weight excluding hydrogens is 1200 g/mol. The Morgan fingerprint density at radius 2 is 1.00 bits per heavy atom. The fraction of sp³-hybridized carbons (Fsp3) is 0.0465. The summed E-state index contributed by atoms with van der Waals surface area (Å²) in [5.74, 6) is 2.12. The molecule has 1 atom stereocenters. The van der Waals surface area contributed by atoms with Gasteiger partial charge in [0.25, 0.3) is 0 Å². The summed E-state index contributed by atoms with van der Waals surface area (Å²) in [6.45, 7) is 0. The molecule has 10 heteroatoms. The van der Waals surface area contributed by atoms with Crippen molar-refractivity contribution in [3.63, 3.8) is 0 Å². The van der Waals surface area contributed by atoms with Gasteiger partial charge in [0.15, 0.2) is 0 Å². The van der Waals surface area contributed by atoms with E-state index >= 15 is 0 Å². The molecular formula is C86H61N7O2S. The molecule has 4 aromatic heterocycles. The predicted octanol–water partition coefficient (Wildman–Crippen LogP) is 22.5. The summed E-state index contributed by atoms with van der Waals surface area (Å²) < 4.78 is 19.3. The Hall–Kier alpha value is -12.1. The number of furan rings is 2. The second-order valence-electron chi connectivity index (χ2n) is 24.5. The second kappa shape index (κ2) is 24.1. The smallest absolute Gasteiger partial charge is 0.145 e. The van der Waals surface area contributed by atoms with Crippen LogP contribution in [0.25, 0.3) is 111 Å². The standard InChI is InChI=1S/C86H61N7O2S/c87-83(59-29-13-4-14-30-59)93(64-35-17-6-18-36-64)84(88)62-33-21-37-65(51-62)92-72-48-45-61(53-70(72)78-74(92)50-47-68-75(55-23-7-1-8-24-55)79(95-82(68)78)57-25-9-2-10-26-57)54-41-43-56(44-42-54)76-69-46-49-73-77(81(69)94-80(76)58-27-11-3-12-28-58)67-39-19-20-40-71(67)91(73)66-38-22-34-63(52-66)86(90)96-85(89)60-31-15-5-16-32-60/h1-9,11-25,27-43,45-53,56,87-90H,10,26,44H2. The van der Waals surface area contributed by atoms with Gasteiger partial charge in [0.1, 0.15) is 44.4 Å². The van der Waals surface area contributed by atoms with E-state index in [-0.39, 0.29) is 17.6 Å². The zero-order valence-corrected chi connectivity index (χ0v) is 52.9. The number of nitrogens with one attached hydrogen (secondary N) is 4. The van der Waals surface area contributed by atoms with E-state index in [0.29, 0.717) is 21.2 Å². The summed E-state index contributed by atoms with van der Waals surface area (Å²) >= 11 is 1.16. The van der Waals surface area contributed by atoms with Crippen LogP contribution in [0.1, 0.15) is 64.3 Å². The van der Waals surface area contributed by atoms with Gasteiger partial charge in [0.2, 0.25) is 0 Å². The highest BCUT2D eigenvalue weighted by Crippen LogP contribution is 2.49. The molecule has 0 spiro atoms. The van der Waals surface area contributed by atoms with E-state index in [1.54, 1.807) is 4.90 Å². The van der Waals surface area contributed by atoms with Gasteiger partial charge in [-0.25, -0.2) is 0 Å². The molecule has 96 heavy (non-hydrogen) atoms. The van der Waals surface area contributed by atoms with Gasteiger partial charge in [0.05, 0.1) is 32.8 Å². The number of rotatable bonds is 12. The van der Waals surface area contributed by atoms with Crippen molar-refractivity contribution in [1.82, 2.24) is 9.13 Å². The minimum atomic E-state index is -0.0155. The molecule has 4 heterocycles. The van der Waals surface area contributed by atoms with Crippen LogP contribution < -0.4 is 4.90 Å². The van der Waals surface area contributed by atoms with Crippen molar-refractivity contribution in [3.8, 4) is 33.8 Å². The summed E-state index contributed by atoms with van der Waals surface area (Å²) in [6.07, 6.45) is 16.1. The molecule has 11 aromatic carbocycles. The van der Waals surface area contributed by atoms with Gasteiger partial charge < -0.3 is 18.0 Å². The number of anilines is 1. The van der Waals surface area contributed by atoms with Gasteiger partial charge in [-0.3, -0.25) is 26.5 Å². The highest BCUT2D eigenvalue weighted by atomic mass is 32.2. The lowest BCUT2D eigenvalue weighted by molar-refractivity contribution is 0.600. The Kier molecular flexibility index (Phi) is 14.5. The number of para-hydroxylation sites is 2. The normalized spacial score (nSPS) is 13.9. The van der Waals surface area contributed by atoms with Gasteiger partial charge in [-0.1, -0.05) is 236 Å². The first kappa shape index (κ1) is 57.8. The van der Waals surface area contributed by atoms with Crippen LogP contribution in [-0.4, -0.2) is 30.9 Å². The fourth-order valence-corrected chi connectivity index (χ4v) is 15.0. The van der Waals surface area contributed by atoms with E-state index < -0.39 is 0 Å². The minimum absolute atomic E-state index is 0.0155. The average molecular weight is 1260 g/mol. The molecule has 15 aromatic rings. The van der Waals surface area contributed by atoms with Gasteiger partial charge in [-0.2, -0.15) is 0 Å². The van der Waals surface area contributed by atoms with E-state index in [1.165, 1.54) is 5.57 Å². The maximum Gasteiger partial charge on any atom is 0.145 e. The van der Waals surface area contributed by atoms with Crippen molar-refractivity contribution in [2.24, 2.45) is 0 Å². The number of hydrogen-bond acceptors (Lipinski definition) is 7. The van der Waals surface area contributed by atoms with E-state index in [0.717, 1.165) is 170 Å². The number of benzene rings is 11. The first-order chi connectivity index (χ1) is 47.3. The van der Waals surface area contributed by atoms with Crippen LogP contribution in [0.2, 0.25) is 0 Å². The fourth-order valence-electron chi connectivity index (χ4n) is 14.3. The molecule has 0 aliphatic heterocycles. The molecule has 4 N–H and O–H groups in total. The molecule has 0 radical (unpaired) electrons. The molecule has 1 unspecified atom stereocenters. The zero-order chi connectivity index (χ0) is 64.4. The first-order valence-electron chi connectivity index (χ1n) is 32.4. The highest BCUT2D eigenvalue weighted by Gasteiger charge is 2.30. The second-order valence-corrected chi connectivity index (χ2v) is 25.5. The number of amidine groups is 2. The van der Waals surface area contributed by atoms with Crippen molar-refractivity contribution < 1.29 is 8.83 Å². The number of allylic oxidation sites excluding steroid dienone is 8. The van der Waals surface area contributed by atoms with Crippen molar-refractivity contribution in [2.45, 2.75) is 25.2 Å². The summed E-state index contributed by atoms with van der Waals surface area (Å²) in [5, 5.41) is 44.3. The van der Waals surface area contributed by atoms with Crippen molar-refractivity contribution in [1.29, 1.82) is 21.6 Å². The minimum Gasteiger partial charge on any atom is -0.455 e. The van der Waals surface area contributed by atoms with Crippen LogP contribution in [0.3, 0.4) is 0 Å². The quantitative estimate of drug-likeness (QED) is 0.0716. The number of thioether (sulfide) groups is 1. The molecule has 0 fully saturated rings. The van der Waals surface area contributed by atoms with Gasteiger partial charge in [0, 0.05) is 83.5 Å². The Labute approximate surface area is 558 Å². The van der Waals surface area contributed by atoms with Gasteiger partial charge in [-0.15, -0.1) is 0 Å². The Balaban J connectivity index is 0.782. The monoisotopic (exact) mass is 1260 g/mol. The molecule has 458 valence electrons. The van der Waals surface area contributed by atoms with E-state index in [4.69, 9.17) is 19.7 Å². The molecule has 0 bridgehead atoms. The highest BCUT2D eigenvalue weighted by molar-refractivity contribution is 8.27. The third-order valence-corrected chi connectivity index (χ3v) is 19.7. The number of aromatic nitrogens is 2. The SMILES string of the molecule is N=C(SC(=N)c1cccc(-n2c3ccccc3c3c4oc(-c5ccccc5)c(C5C=CC(c6ccc7c(c6)c6c8oc(C9=CC=CCC9)c(-c9ccccc9)c8ccc6n7-c6cccc(C(=N)N(C(=N)c7ccccc7)c7ccccc7)c6)=CC5)c4ccc32)c1)c1ccccc1. The van der Waals surface area contributed by atoms with E-state index in [9.17, 15) is 10.8 Å². The lowest BCUT2D eigenvalue weighted by Gasteiger charge is -2.26. The molecule has 0 amide bonds. The molecule has 0 saturated heterocycles. The number of hydrogen-bond donors (Lipinski definition) is 4. The average Bonchev–Trinajstić information content (AvgIpc) is 1.56. The van der Waals surface area contributed by atoms with Crippen molar-refractivity contribution in [2.75, 3.05) is 4.90 Å². The van der Waals surface area contributed by atoms with Crippen molar-refractivity contribution in [3.05, 3.63) is 343 Å². The van der Waals surface area contributed by atoms with Crippen LogP contribution in [-0.2, 0) is 0 Å². The molecule has 9 nitrogen and oxygen atoms in total. The van der Waals surface area contributed by atoms with Gasteiger partial charge in [-0.05, 0) is 120 Å². The Bertz CT molecular complexity index is 5790. The summed E-state index contributed by atoms with van der Waals surface area (Å²) in [5.41, 5.74) is 18.8. The van der Waals surface area contributed by atoms with Gasteiger partial charge >= 0.3 is 0 Å². The predicted molar refractivity (Wildman–Crippen MR) is 400 cm³/mol. The summed E-state index contributed by atoms with van der Waals surface area (Å²) in [7, 11) is 0.